The second-order valence-corrected chi connectivity index (χ2v) is 7.73. The molecule has 2 aliphatic rings. The van der Waals surface area contributed by atoms with Crippen molar-refractivity contribution in [3.63, 3.8) is 0 Å². The molecular formula is C15H21NS2. The summed E-state index contributed by atoms with van der Waals surface area (Å²) in [5, 5.41) is 3.95. The van der Waals surface area contributed by atoms with Crippen LogP contribution in [0.4, 0.5) is 0 Å². The van der Waals surface area contributed by atoms with Crippen LogP contribution >= 0.6 is 23.5 Å². The van der Waals surface area contributed by atoms with E-state index in [4.69, 9.17) is 0 Å². The molecule has 0 amide bonds. The zero-order chi connectivity index (χ0) is 12.3. The predicted octanol–water partition coefficient (Wildman–Crippen LogP) is 3.20. The topological polar surface area (TPSA) is 12.0 Å². The van der Waals surface area contributed by atoms with Crippen LogP contribution in [0.3, 0.4) is 0 Å². The van der Waals surface area contributed by atoms with E-state index in [1.165, 1.54) is 47.8 Å². The first-order valence-corrected chi connectivity index (χ1v) is 9.14. The highest BCUT2D eigenvalue weighted by molar-refractivity contribution is 8.03. The minimum atomic E-state index is 0.428. The average Bonchev–Trinajstić information content (AvgIpc) is 3.17. The highest BCUT2D eigenvalue weighted by atomic mass is 32.2. The molecule has 1 saturated carbocycles. The molecule has 0 spiro atoms. The van der Waals surface area contributed by atoms with E-state index in [2.05, 4.69) is 59.2 Å². The van der Waals surface area contributed by atoms with Crippen molar-refractivity contribution in [3.05, 3.63) is 35.9 Å². The summed E-state index contributed by atoms with van der Waals surface area (Å²) in [4.78, 5) is 0. The summed E-state index contributed by atoms with van der Waals surface area (Å²) in [5.74, 6) is 5.25. The zero-order valence-corrected chi connectivity index (χ0v) is 12.4. The Balaban J connectivity index is 1.58. The van der Waals surface area contributed by atoms with E-state index in [0.29, 0.717) is 11.6 Å². The van der Waals surface area contributed by atoms with E-state index in [9.17, 15) is 0 Å². The number of benzene rings is 1. The summed E-state index contributed by atoms with van der Waals surface area (Å²) in [5.41, 5.74) is 1.91. The van der Waals surface area contributed by atoms with Crippen molar-refractivity contribution in [1.29, 1.82) is 0 Å². The Morgan fingerprint density at radius 1 is 1.06 bits per heavy atom. The van der Waals surface area contributed by atoms with Crippen molar-refractivity contribution in [2.45, 2.75) is 30.8 Å². The monoisotopic (exact) mass is 279 g/mol. The van der Waals surface area contributed by atoms with Gasteiger partial charge < -0.3 is 5.32 Å². The normalized spacial score (nSPS) is 23.6. The van der Waals surface area contributed by atoms with Gasteiger partial charge in [0, 0.05) is 34.6 Å². The maximum atomic E-state index is 3.95. The van der Waals surface area contributed by atoms with Crippen LogP contribution in [0.15, 0.2) is 30.3 Å². The van der Waals surface area contributed by atoms with Crippen molar-refractivity contribution in [3.8, 4) is 0 Å². The van der Waals surface area contributed by atoms with Gasteiger partial charge in [0.1, 0.15) is 0 Å². The standard InChI is InChI=1S/C15H21NS2/c1-2-4-13(5-3-1)10-15(6-7-15)16-14-11-17-8-9-18-12-14/h1-5,14,16H,6-12H2. The van der Waals surface area contributed by atoms with Crippen LogP contribution in [0.2, 0.25) is 0 Å². The average molecular weight is 279 g/mol. The van der Waals surface area contributed by atoms with E-state index in [1.54, 1.807) is 0 Å². The van der Waals surface area contributed by atoms with Gasteiger partial charge >= 0.3 is 0 Å². The Bertz CT molecular complexity index is 367. The first kappa shape index (κ1) is 12.9. The molecule has 1 aromatic rings. The lowest BCUT2D eigenvalue weighted by Crippen LogP contribution is -2.44. The van der Waals surface area contributed by atoms with E-state index in [-0.39, 0.29) is 0 Å². The fourth-order valence-electron chi connectivity index (χ4n) is 2.64. The van der Waals surface area contributed by atoms with Crippen molar-refractivity contribution in [2.75, 3.05) is 23.0 Å². The molecule has 0 bridgehead atoms. The minimum absolute atomic E-state index is 0.428. The molecule has 18 heavy (non-hydrogen) atoms. The molecule has 0 unspecified atom stereocenters. The fraction of sp³-hybridized carbons (Fsp3) is 0.600. The third-order valence-corrected chi connectivity index (χ3v) is 6.28. The van der Waals surface area contributed by atoms with Crippen molar-refractivity contribution in [2.24, 2.45) is 0 Å². The lowest BCUT2D eigenvalue weighted by molar-refractivity contribution is 0.452. The first-order chi connectivity index (χ1) is 8.86. The van der Waals surface area contributed by atoms with Gasteiger partial charge in [-0.1, -0.05) is 30.3 Å². The predicted molar refractivity (Wildman–Crippen MR) is 83.7 cm³/mol. The highest BCUT2D eigenvalue weighted by Gasteiger charge is 2.43. The van der Waals surface area contributed by atoms with Gasteiger partial charge in [-0.05, 0) is 24.8 Å². The Kier molecular flexibility index (Phi) is 4.22. The smallest absolute Gasteiger partial charge is 0.0254 e. The van der Waals surface area contributed by atoms with Gasteiger partial charge in [0.05, 0.1) is 0 Å². The van der Waals surface area contributed by atoms with E-state index in [0.717, 1.165) is 0 Å². The third-order valence-electron chi connectivity index (χ3n) is 3.76. The lowest BCUT2D eigenvalue weighted by Gasteiger charge is -2.24. The van der Waals surface area contributed by atoms with E-state index >= 15 is 0 Å². The lowest BCUT2D eigenvalue weighted by atomic mass is 10.0. The SMILES string of the molecule is c1ccc(CC2(NC3CSCCSC3)CC2)cc1. The van der Waals surface area contributed by atoms with Gasteiger partial charge in [0.15, 0.2) is 0 Å². The van der Waals surface area contributed by atoms with Gasteiger partial charge in [-0.15, -0.1) is 0 Å². The van der Waals surface area contributed by atoms with Crippen LogP contribution in [0.1, 0.15) is 18.4 Å². The Morgan fingerprint density at radius 2 is 1.72 bits per heavy atom. The summed E-state index contributed by atoms with van der Waals surface area (Å²) in [7, 11) is 0. The van der Waals surface area contributed by atoms with Crippen LogP contribution in [-0.4, -0.2) is 34.6 Å². The van der Waals surface area contributed by atoms with E-state index < -0.39 is 0 Å². The van der Waals surface area contributed by atoms with Gasteiger partial charge in [0.25, 0.3) is 0 Å². The highest BCUT2D eigenvalue weighted by Crippen LogP contribution is 2.39. The van der Waals surface area contributed by atoms with Gasteiger partial charge in [-0.25, -0.2) is 0 Å². The molecule has 1 N–H and O–H groups in total. The Morgan fingerprint density at radius 3 is 2.33 bits per heavy atom. The molecule has 2 fully saturated rings. The molecule has 1 aromatic carbocycles. The molecule has 1 nitrogen and oxygen atoms in total. The van der Waals surface area contributed by atoms with Crippen LogP contribution in [0.25, 0.3) is 0 Å². The summed E-state index contributed by atoms with van der Waals surface area (Å²) in [6, 6.07) is 11.7. The van der Waals surface area contributed by atoms with Gasteiger partial charge in [-0.3, -0.25) is 0 Å². The van der Waals surface area contributed by atoms with Crippen LogP contribution in [0.5, 0.6) is 0 Å². The Hall–Kier alpha value is -0.120. The number of nitrogens with one attached hydrogen (secondary N) is 1. The zero-order valence-electron chi connectivity index (χ0n) is 10.7. The fourth-order valence-corrected chi connectivity index (χ4v) is 5.04. The number of rotatable bonds is 4. The van der Waals surface area contributed by atoms with E-state index in [1.807, 2.05) is 0 Å². The largest absolute Gasteiger partial charge is 0.307 e. The first-order valence-electron chi connectivity index (χ1n) is 6.83. The van der Waals surface area contributed by atoms with Crippen molar-refractivity contribution < 1.29 is 0 Å². The number of hydrogen-bond donors (Lipinski definition) is 1. The molecule has 0 aromatic heterocycles. The second kappa shape index (κ2) is 5.89. The molecule has 3 rings (SSSR count). The number of thioether (sulfide) groups is 2. The minimum Gasteiger partial charge on any atom is -0.307 e. The second-order valence-electron chi connectivity index (χ2n) is 5.43. The van der Waals surface area contributed by atoms with Crippen LogP contribution < -0.4 is 5.32 Å². The van der Waals surface area contributed by atoms with Gasteiger partial charge in [0.2, 0.25) is 0 Å². The summed E-state index contributed by atoms with van der Waals surface area (Å²) >= 11 is 4.23. The summed E-state index contributed by atoms with van der Waals surface area (Å²) in [6.07, 6.45) is 3.92. The number of hydrogen-bond acceptors (Lipinski definition) is 3. The van der Waals surface area contributed by atoms with Crippen LogP contribution in [0, 0.1) is 0 Å². The third kappa shape index (κ3) is 3.46. The molecule has 98 valence electrons. The quantitative estimate of drug-likeness (QED) is 0.909. The molecule has 0 radical (unpaired) electrons. The molecule has 1 heterocycles. The molecule has 3 heteroatoms. The van der Waals surface area contributed by atoms with Crippen molar-refractivity contribution in [1.82, 2.24) is 5.32 Å². The molecule has 1 aliphatic carbocycles. The summed E-state index contributed by atoms with van der Waals surface area (Å²) < 4.78 is 0. The molecule has 0 atom stereocenters. The summed E-state index contributed by atoms with van der Waals surface area (Å²) in [6.45, 7) is 0. The Labute approximate surface area is 119 Å². The molecular weight excluding hydrogens is 258 g/mol. The van der Waals surface area contributed by atoms with Gasteiger partial charge in [-0.2, -0.15) is 23.5 Å². The van der Waals surface area contributed by atoms with Crippen LogP contribution in [-0.2, 0) is 6.42 Å². The molecule has 1 aliphatic heterocycles. The maximum absolute atomic E-state index is 3.95. The maximum Gasteiger partial charge on any atom is 0.0254 e. The molecule has 1 saturated heterocycles. The van der Waals surface area contributed by atoms with Crippen molar-refractivity contribution >= 4 is 23.5 Å².